The number of carbonyl (C=O) groups excluding carboxylic acids is 1. The van der Waals surface area contributed by atoms with Crippen LogP contribution in [0.3, 0.4) is 0 Å². The predicted molar refractivity (Wildman–Crippen MR) is 99.8 cm³/mol. The molecule has 0 saturated heterocycles. The first kappa shape index (κ1) is 17.9. The zero-order valence-electron chi connectivity index (χ0n) is 15.3. The first-order chi connectivity index (χ1) is 12.4. The van der Waals surface area contributed by atoms with Crippen molar-refractivity contribution in [1.29, 1.82) is 0 Å². The van der Waals surface area contributed by atoms with E-state index in [1.165, 1.54) is 0 Å². The highest BCUT2D eigenvalue weighted by Crippen LogP contribution is 2.28. The molecular weight excluding hydrogens is 330 g/mol. The summed E-state index contributed by atoms with van der Waals surface area (Å²) in [4.78, 5) is 14.1. The largest absolute Gasteiger partial charge is 0.497 e. The third-order valence-corrected chi connectivity index (χ3v) is 3.66. The minimum atomic E-state index is -0.548. The average Bonchev–Trinajstić information content (AvgIpc) is 2.62. The maximum Gasteiger partial charge on any atom is 0.415 e. The molecule has 0 unspecified atom stereocenters. The van der Waals surface area contributed by atoms with Crippen LogP contribution >= 0.6 is 0 Å². The molecule has 1 heterocycles. The molecule has 3 rings (SSSR count). The fourth-order valence-electron chi connectivity index (χ4n) is 2.51. The molecule has 2 aromatic carbocycles. The number of para-hydroxylation sites is 1. The van der Waals surface area contributed by atoms with Crippen LogP contribution in [0.5, 0.6) is 11.5 Å². The Morgan fingerprint density at radius 3 is 2.31 bits per heavy atom. The fourth-order valence-corrected chi connectivity index (χ4v) is 2.51. The Hall–Kier alpha value is -2.95. The molecule has 0 aliphatic carbocycles. The number of ether oxygens (including phenoxy) is 3. The van der Waals surface area contributed by atoms with Crippen LogP contribution in [0, 0.1) is 0 Å². The number of rotatable bonds is 3. The highest BCUT2D eigenvalue weighted by atomic mass is 16.6. The monoisotopic (exact) mass is 353 g/mol. The van der Waals surface area contributed by atoms with Gasteiger partial charge in [-0.25, -0.2) is 4.79 Å². The van der Waals surface area contributed by atoms with Gasteiger partial charge in [0.1, 0.15) is 30.0 Å². The summed E-state index contributed by atoms with van der Waals surface area (Å²) in [6.07, 6.45) is 1.22. The van der Waals surface area contributed by atoms with E-state index in [9.17, 15) is 4.79 Å². The Morgan fingerprint density at radius 2 is 1.65 bits per heavy atom. The molecule has 5 heteroatoms. The normalized spacial score (nSPS) is 14.3. The van der Waals surface area contributed by atoms with E-state index < -0.39 is 5.60 Å². The Kier molecular flexibility index (Phi) is 5.16. The van der Waals surface area contributed by atoms with Gasteiger partial charge < -0.3 is 14.2 Å². The molecule has 2 aromatic rings. The van der Waals surface area contributed by atoms with Gasteiger partial charge in [0.15, 0.2) is 0 Å². The van der Waals surface area contributed by atoms with E-state index in [0.29, 0.717) is 18.8 Å². The molecule has 1 amide bonds. The highest BCUT2D eigenvalue weighted by Gasteiger charge is 2.27. The summed E-state index contributed by atoms with van der Waals surface area (Å²) in [7, 11) is 0. The first-order valence-electron chi connectivity index (χ1n) is 8.58. The second-order valence-corrected chi connectivity index (χ2v) is 6.95. The minimum Gasteiger partial charge on any atom is -0.497 e. The third-order valence-electron chi connectivity index (χ3n) is 3.66. The van der Waals surface area contributed by atoms with Gasteiger partial charge in [0, 0.05) is 5.56 Å². The molecule has 1 aliphatic rings. The van der Waals surface area contributed by atoms with Crippen LogP contribution in [0.4, 0.5) is 4.79 Å². The molecule has 0 N–H and O–H groups in total. The van der Waals surface area contributed by atoms with E-state index in [0.717, 1.165) is 17.1 Å². The van der Waals surface area contributed by atoms with Gasteiger partial charge in [-0.3, -0.25) is 4.90 Å². The topological polar surface area (TPSA) is 48.0 Å². The Morgan fingerprint density at radius 1 is 1.00 bits per heavy atom. The summed E-state index contributed by atoms with van der Waals surface area (Å²) in [5.41, 5.74) is 0.987. The smallest absolute Gasteiger partial charge is 0.415 e. The second-order valence-electron chi connectivity index (χ2n) is 6.95. The number of benzene rings is 2. The van der Waals surface area contributed by atoms with Gasteiger partial charge in [-0.1, -0.05) is 18.2 Å². The van der Waals surface area contributed by atoms with Crippen molar-refractivity contribution in [1.82, 2.24) is 4.90 Å². The predicted octanol–water partition coefficient (Wildman–Crippen LogP) is 5.04. The van der Waals surface area contributed by atoms with Gasteiger partial charge in [0.2, 0.25) is 0 Å². The van der Waals surface area contributed by atoms with Crippen LogP contribution in [0.25, 0.3) is 5.70 Å². The summed E-state index contributed by atoms with van der Waals surface area (Å²) >= 11 is 0. The number of hydrogen-bond donors (Lipinski definition) is 0. The van der Waals surface area contributed by atoms with E-state index in [-0.39, 0.29) is 6.09 Å². The maximum absolute atomic E-state index is 12.5. The third kappa shape index (κ3) is 4.57. The molecular formula is C21H23NO4. The van der Waals surface area contributed by atoms with Crippen molar-refractivity contribution in [2.24, 2.45) is 0 Å². The SMILES string of the molecule is CC(C)(C)OC(=O)N1CCOC=C1c1ccc(Oc2ccccc2)cc1. The van der Waals surface area contributed by atoms with Crippen LogP contribution < -0.4 is 4.74 Å². The lowest BCUT2D eigenvalue weighted by atomic mass is 10.1. The molecule has 26 heavy (non-hydrogen) atoms. The number of carbonyl (C=O) groups is 1. The second kappa shape index (κ2) is 7.52. The van der Waals surface area contributed by atoms with Crippen LogP contribution in [0.1, 0.15) is 26.3 Å². The summed E-state index contributed by atoms with van der Waals surface area (Å²) in [5, 5.41) is 0. The number of hydrogen-bond acceptors (Lipinski definition) is 4. The van der Waals surface area contributed by atoms with Crippen LogP contribution in [0.15, 0.2) is 60.9 Å². The molecule has 0 radical (unpaired) electrons. The van der Waals surface area contributed by atoms with Crippen molar-refractivity contribution in [2.75, 3.05) is 13.2 Å². The van der Waals surface area contributed by atoms with Crippen molar-refractivity contribution in [2.45, 2.75) is 26.4 Å². The van der Waals surface area contributed by atoms with Gasteiger partial charge in [-0.15, -0.1) is 0 Å². The molecule has 0 saturated carbocycles. The molecule has 5 nitrogen and oxygen atoms in total. The molecule has 0 spiro atoms. The van der Waals surface area contributed by atoms with Crippen molar-refractivity contribution in [3.8, 4) is 11.5 Å². The Bertz CT molecular complexity index is 776. The van der Waals surface area contributed by atoms with Crippen LogP contribution in [-0.2, 0) is 9.47 Å². The molecule has 0 bridgehead atoms. The van der Waals surface area contributed by atoms with Crippen molar-refractivity contribution in [3.63, 3.8) is 0 Å². The average molecular weight is 353 g/mol. The standard InChI is InChI=1S/C21H23NO4/c1-21(2,3)26-20(23)22-13-14-24-15-19(22)16-9-11-18(12-10-16)25-17-7-5-4-6-8-17/h4-12,15H,13-14H2,1-3H3. The van der Waals surface area contributed by atoms with E-state index in [1.54, 1.807) is 11.2 Å². The fraction of sp³-hybridized carbons (Fsp3) is 0.286. The van der Waals surface area contributed by atoms with E-state index in [1.807, 2.05) is 75.4 Å². The van der Waals surface area contributed by atoms with Crippen molar-refractivity contribution < 1.29 is 19.0 Å². The summed E-state index contributed by atoms with van der Waals surface area (Å²) in [6.45, 7) is 6.44. The zero-order chi connectivity index (χ0) is 18.6. The van der Waals surface area contributed by atoms with Gasteiger partial charge in [0.05, 0.1) is 12.2 Å². The van der Waals surface area contributed by atoms with Crippen molar-refractivity contribution >= 4 is 11.8 Å². The first-order valence-corrected chi connectivity index (χ1v) is 8.58. The van der Waals surface area contributed by atoms with Gasteiger partial charge in [-0.05, 0) is 57.2 Å². The zero-order valence-corrected chi connectivity index (χ0v) is 15.3. The van der Waals surface area contributed by atoms with Gasteiger partial charge in [0.25, 0.3) is 0 Å². The summed E-state index contributed by atoms with van der Waals surface area (Å²) < 4.78 is 16.7. The highest BCUT2D eigenvalue weighted by molar-refractivity contribution is 5.82. The van der Waals surface area contributed by atoms with Crippen LogP contribution in [-0.4, -0.2) is 29.7 Å². The minimum absolute atomic E-state index is 0.378. The van der Waals surface area contributed by atoms with Gasteiger partial charge >= 0.3 is 6.09 Å². The molecule has 0 fully saturated rings. The Balaban J connectivity index is 1.76. The maximum atomic E-state index is 12.5. The lowest BCUT2D eigenvalue weighted by Crippen LogP contribution is -2.39. The van der Waals surface area contributed by atoms with E-state index in [2.05, 4.69) is 0 Å². The molecule has 136 valence electrons. The number of amides is 1. The lowest BCUT2D eigenvalue weighted by Gasteiger charge is -2.31. The number of nitrogens with zero attached hydrogens (tertiary/aromatic N) is 1. The molecule has 1 aliphatic heterocycles. The van der Waals surface area contributed by atoms with Crippen molar-refractivity contribution in [3.05, 3.63) is 66.4 Å². The van der Waals surface area contributed by atoms with E-state index >= 15 is 0 Å². The summed E-state index contributed by atoms with van der Waals surface area (Å²) in [5.74, 6) is 1.50. The van der Waals surface area contributed by atoms with E-state index in [4.69, 9.17) is 14.2 Å². The summed E-state index contributed by atoms with van der Waals surface area (Å²) in [6, 6.07) is 17.1. The molecule has 0 atom stereocenters. The molecule has 0 aromatic heterocycles. The lowest BCUT2D eigenvalue weighted by molar-refractivity contribution is 0.0296. The van der Waals surface area contributed by atoms with Gasteiger partial charge in [-0.2, -0.15) is 0 Å². The van der Waals surface area contributed by atoms with Crippen LogP contribution in [0.2, 0.25) is 0 Å². The quantitative estimate of drug-likeness (QED) is 0.775. The Labute approximate surface area is 153 Å².